The number of amides is 1. The average molecular weight is 365 g/mol. The predicted molar refractivity (Wildman–Crippen MR) is 105 cm³/mol. The molecular weight excluding hydrogens is 342 g/mol. The van der Waals surface area contributed by atoms with Crippen molar-refractivity contribution in [2.45, 2.75) is 20.4 Å². The van der Waals surface area contributed by atoms with Crippen molar-refractivity contribution in [3.63, 3.8) is 0 Å². The molecule has 27 heavy (non-hydrogen) atoms. The molecule has 0 aliphatic rings. The fourth-order valence-corrected chi connectivity index (χ4v) is 2.97. The SMILES string of the molecule is COc1ccc(-c2cncc(C(=O)Nc3nn(C)c(C)c3CN)c2)c(C)c1. The van der Waals surface area contributed by atoms with E-state index in [2.05, 4.69) is 15.4 Å². The maximum atomic E-state index is 12.7. The number of methoxy groups -OCH3 is 1. The van der Waals surface area contributed by atoms with Crippen LogP contribution in [0.4, 0.5) is 5.82 Å². The summed E-state index contributed by atoms with van der Waals surface area (Å²) in [6.07, 6.45) is 3.28. The van der Waals surface area contributed by atoms with Crippen LogP contribution in [0.25, 0.3) is 11.1 Å². The molecule has 0 bridgehead atoms. The zero-order valence-corrected chi connectivity index (χ0v) is 15.9. The van der Waals surface area contributed by atoms with Gasteiger partial charge in [-0.2, -0.15) is 5.10 Å². The van der Waals surface area contributed by atoms with E-state index in [1.807, 2.05) is 45.2 Å². The average Bonchev–Trinajstić information content (AvgIpc) is 2.94. The molecule has 1 amide bonds. The van der Waals surface area contributed by atoms with E-state index >= 15 is 0 Å². The van der Waals surface area contributed by atoms with Crippen molar-refractivity contribution in [2.24, 2.45) is 12.8 Å². The fraction of sp³-hybridized carbons (Fsp3) is 0.250. The van der Waals surface area contributed by atoms with E-state index in [0.717, 1.165) is 33.7 Å². The number of aryl methyl sites for hydroxylation is 2. The third-order valence-corrected chi connectivity index (χ3v) is 4.64. The van der Waals surface area contributed by atoms with Crippen LogP contribution in [-0.4, -0.2) is 27.8 Å². The second-order valence-corrected chi connectivity index (χ2v) is 6.34. The Hall–Kier alpha value is -3.19. The number of anilines is 1. The lowest BCUT2D eigenvalue weighted by Crippen LogP contribution is -2.15. The Balaban J connectivity index is 1.89. The third kappa shape index (κ3) is 3.68. The van der Waals surface area contributed by atoms with E-state index in [0.29, 0.717) is 17.9 Å². The first-order valence-electron chi connectivity index (χ1n) is 8.58. The minimum absolute atomic E-state index is 0.275. The van der Waals surface area contributed by atoms with Gasteiger partial charge in [0.2, 0.25) is 0 Å². The lowest BCUT2D eigenvalue weighted by molar-refractivity contribution is 0.102. The summed E-state index contributed by atoms with van der Waals surface area (Å²) >= 11 is 0. The molecular formula is C20H23N5O2. The maximum Gasteiger partial charge on any atom is 0.258 e. The molecule has 0 fully saturated rings. The molecule has 0 aliphatic carbocycles. The van der Waals surface area contributed by atoms with Crippen LogP contribution in [0.2, 0.25) is 0 Å². The summed E-state index contributed by atoms with van der Waals surface area (Å²) in [5.74, 6) is 0.995. The van der Waals surface area contributed by atoms with Crippen LogP contribution >= 0.6 is 0 Å². The molecule has 0 spiro atoms. The Labute approximate surface area is 158 Å². The van der Waals surface area contributed by atoms with Crippen LogP contribution in [-0.2, 0) is 13.6 Å². The van der Waals surface area contributed by atoms with E-state index in [9.17, 15) is 4.79 Å². The van der Waals surface area contributed by atoms with Crippen LogP contribution in [0.3, 0.4) is 0 Å². The van der Waals surface area contributed by atoms with Gasteiger partial charge < -0.3 is 15.8 Å². The zero-order chi connectivity index (χ0) is 19.6. The fourth-order valence-electron chi connectivity index (χ4n) is 2.97. The van der Waals surface area contributed by atoms with E-state index in [1.165, 1.54) is 6.20 Å². The third-order valence-electron chi connectivity index (χ3n) is 4.64. The topological polar surface area (TPSA) is 95.1 Å². The van der Waals surface area contributed by atoms with E-state index in [4.69, 9.17) is 10.5 Å². The van der Waals surface area contributed by atoms with Gasteiger partial charge in [0.1, 0.15) is 5.75 Å². The smallest absolute Gasteiger partial charge is 0.258 e. The molecule has 3 aromatic rings. The number of carbonyl (C=O) groups is 1. The van der Waals surface area contributed by atoms with Gasteiger partial charge in [-0.3, -0.25) is 14.5 Å². The number of nitrogens with two attached hydrogens (primary N) is 1. The highest BCUT2D eigenvalue weighted by Crippen LogP contribution is 2.27. The van der Waals surface area contributed by atoms with Gasteiger partial charge in [-0.25, -0.2) is 0 Å². The Bertz CT molecular complexity index is 994. The Morgan fingerprint density at radius 3 is 2.70 bits per heavy atom. The van der Waals surface area contributed by atoms with Gasteiger partial charge in [-0.05, 0) is 43.2 Å². The summed E-state index contributed by atoms with van der Waals surface area (Å²) in [4.78, 5) is 16.9. The number of benzene rings is 1. The van der Waals surface area contributed by atoms with Crippen molar-refractivity contribution in [1.82, 2.24) is 14.8 Å². The van der Waals surface area contributed by atoms with E-state index < -0.39 is 0 Å². The van der Waals surface area contributed by atoms with E-state index in [1.54, 1.807) is 18.0 Å². The highest BCUT2D eigenvalue weighted by atomic mass is 16.5. The Kier molecular flexibility index (Phi) is 5.23. The predicted octanol–water partition coefficient (Wildman–Crippen LogP) is 2.82. The number of nitrogens with zero attached hydrogens (tertiary/aromatic N) is 3. The summed E-state index contributed by atoms with van der Waals surface area (Å²) in [7, 11) is 3.45. The molecule has 140 valence electrons. The number of pyridine rings is 1. The molecule has 0 atom stereocenters. The lowest BCUT2D eigenvalue weighted by Gasteiger charge is -2.10. The van der Waals surface area contributed by atoms with Crippen LogP contribution in [0.1, 0.15) is 27.2 Å². The quantitative estimate of drug-likeness (QED) is 0.725. The standard InChI is InChI=1S/C20H23N5O2/c1-12-7-16(27-4)5-6-17(12)14-8-15(11-22-10-14)20(26)23-19-18(9-21)13(2)25(3)24-19/h5-8,10-11H,9,21H2,1-4H3,(H,23,24,26). The summed E-state index contributed by atoms with van der Waals surface area (Å²) in [6, 6.07) is 7.61. The molecule has 1 aromatic carbocycles. The van der Waals surface area contributed by atoms with Gasteiger partial charge in [0.05, 0.1) is 12.7 Å². The molecule has 3 rings (SSSR count). The molecule has 3 N–H and O–H groups in total. The number of hydrogen-bond acceptors (Lipinski definition) is 5. The minimum Gasteiger partial charge on any atom is -0.497 e. The summed E-state index contributed by atoms with van der Waals surface area (Å²) in [5, 5.41) is 7.17. The minimum atomic E-state index is -0.275. The van der Waals surface area contributed by atoms with E-state index in [-0.39, 0.29) is 5.91 Å². The molecule has 0 unspecified atom stereocenters. The molecule has 0 aliphatic heterocycles. The second-order valence-electron chi connectivity index (χ2n) is 6.34. The first-order chi connectivity index (χ1) is 12.9. The number of aromatic nitrogens is 3. The first-order valence-corrected chi connectivity index (χ1v) is 8.58. The normalized spacial score (nSPS) is 10.7. The molecule has 0 saturated carbocycles. The van der Waals surface area contributed by atoms with Crippen molar-refractivity contribution >= 4 is 11.7 Å². The van der Waals surface area contributed by atoms with Crippen molar-refractivity contribution in [3.8, 4) is 16.9 Å². The van der Waals surface area contributed by atoms with Crippen molar-refractivity contribution < 1.29 is 9.53 Å². The Morgan fingerprint density at radius 2 is 2.04 bits per heavy atom. The highest BCUT2D eigenvalue weighted by Gasteiger charge is 2.16. The molecule has 7 nitrogen and oxygen atoms in total. The Morgan fingerprint density at radius 1 is 1.26 bits per heavy atom. The largest absolute Gasteiger partial charge is 0.497 e. The molecule has 0 saturated heterocycles. The monoisotopic (exact) mass is 365 g/mol. The zero-order valence-electron chi connectivity index (χ0n) is 15.9. The number of rotatable bonds is 5. The van der Waals surface area contributed by atoms with Gasteiger partial charge in [0.15, 0.2) is 5.82 Å². The van der Waals surface area contributed by atoms with Crippen molar-refractivity contribution in [2.75, 3.05) is 12.4 Å². The van der Waals surface area contributed by atoms with Crippen LogP contribution in [0.15, 0.2) is 36.7 Å². The van der Waals surface area contributed by atoms with Crippen molar-refractivity contribution in [1.29, 1.82) is 0 Å². The molecule has 2 heterocycles. The summed E-state index contributed by atoms with van der Waals surface area (Å²) in [5.41, 5.74) is 10.9. The highest BCUT2D eigenvalue weighted by molar-refractivity contribution is 6.04. The van der Waals surface area contributed by atoms with Crippen molar-refractivity contribution in [3.05, 3.63) is 59.0 Å². The van der Waals surface area contributed by atoms with Crippen LogP contribution in [0.5, 0.6) is 5.75 Å². The summed E-state index contributed by atoms with van der Waals surface area (Å²) in [6.45, 7) is 4.22. The van der Waals surface area contributed by atoms with Gasteiger partial charge >= 0.3 is 0 Å². The number of nitrogens with one attached hydrogen (secondary N) is 1. The van der Waals surface area contributed by atoms with Gasteiger partial charge in [0, 0.05) is 42.8 Å². The molecule has 0 radical (unpaired) electrons. The molecule has 2 aromatic heterocycles. The van der Waals surface area contributed by atoms with Gasteiger partial charge in [0.25, 0.3) is 5.91 Å². The number of hydrogen-bond donors (Lipinski definition) is 2. The number of ether oxygens (including phenoxy) is 1. The lowest BCUT2D eigenvalue weighted by atomic mass is 10.0. The first kappa shape index (κ1) is 18.6. The summed E-state index contributed by atoms with van der Waals surface area (Å²) < 4.78 is 6.95. The van der Waals surface area contributed by atoms with Gasteiger partial charge in [-0.15, -0.1) is 0 Å². The van der Waals surface area contributed by atoms with Crippen LogP contribution < -0.4 is 15.8 Å². The maximum absolute atomic E-state index is 12.7. The second kappa shape index (κ2) is 7.59. The number of carbonyl (C=O) groups excluding carboxylic acids is 1. The van der Waals surface area contributed by atoms with Crippen LogP contribution in [0, 0.1) is 13.8 Å². The van der Waals surface area contributed by atoms with Gasteiger partial charge in [-0.1, -0.05) is 6.07 Å². The molecule has 7 heteroatoms.